The standard InChI is InChI=1S/C31H32IN7O3/c1-21-19-41-16-15-39(21)30-25-12-14-38(28(40)17-32)18-26(25)35-29(37-30)23-7-9-24(10-8-23)34-31-33-13-11-27(36-31)42-20-22-5-3-2-4-6-22/h2-11,13,21H,12,14-20H2,1H3,(H,33,34,36). The molecule has 1 N–H and O–H groups in total. The van der Waals surface area contributed by atoms with Crippen LogP contribution in [0.2, 0.25) is 0 Å². The highest BCUT2D eigenvalue weighted by Gasteiger charge is 2.30. The number of benzene rings is 2. The molecule has 4 heterocycles. The predicted molar refractivity (Wildman–Crippen MR) is 169 cm³/mol. The highest BCUT2D eigenvalue weighted by atomic mass is 127. The lowest BCUT2D eigenvalue weighted by molar-refractivity contribution is -0.129. The van der Waals surface area contributed by atoms with Gasteiger partial charge < -0.3 is 24.6 Å². The average molecular weight is 678 g/mol. The number of halogens is 1. The largest absolute Gasteiger partial charge is 0.473 e. The van der Waals surface area contributed by atoms with E-state index in [0.717, 1.165) is 46.9 Å². The first-order valence-electron chi connectivity index (χ1n) is 14.0. The molecule has 42 heavy (non-hydrogen) atoms. The number of nitrogens with zero attached hydrogens (tertiary/aromatic N) is 6. The van der Waals surface area contributed by atoms with Gasteiger partial charge in [0.15, 0.2) is 5.82 Å². The Hall–Kier alpha value is -3.84. The number of fused-ring (bicyclic) bond motifs is 1. The molecule has 0 aliphatic carbocycles. The molecule has 10 nitrogen and oxygen atoms in total. The van der Waals surface area contributed by atoms with E-state index in [1.165, 1.54) is 0 Å². The third-order valence-electron chi connectivity index (χ3n) is 7.41. The van der Waals surface area contributed by atoms with E-state index in [9.17, 15) is 4.79 Å². The number of aromatic nitrogens is 4. The van der Waals surface area contributed by atoms with Crippen molar-refractivity contribution in [3.05, 3.63) is 83.7 Å². The summed E-state index contributed by atoms with van der Waals surface area (Å²) in [6, 6.07) is 19.8. The monoisotopic (exact) mass is 677 g/mol. The summed E-state index contributed by atoms with van der Waals surface area (Å²) in [7, 11) is 0. The van der Waals surface area contributed by atoms with Crippen LogP contribution >= 0.6 is 22.6 Å². The second kappa shape index (κ2) is 13.0. The predicted octanol–water partition coefficient (Wildman–Crippen LogP) is 4.80. The Kier molecular flexibility index (Phi) is 8.75. The summed E-state index contributed by atoms with van der Waals surface area (Å²) in [5, 5.41) is 3.25. The van der Waals surface area contributed by atoms with E-state index in [2.05, 4.69) is 49.7 Å². The summed E-state index contributed by atoms with van der Waals surface area (Å²) in [4.78, 5) is 35.6. The van der Waals surface area contributed by atoms with Crippen molar-refractivity contribution in [3.8, 4) is 17.3 Å². The maximum absolute atomic E-state index is 12.5. The maximum atomic E-state index is 12.5. The van der Waals surface area contributed by atoms with E-state index < -0.39 is 0 Å². The number of anilines is 3. The summed E-state index contributed by atoms with van der Waals surface area (Å²) in [6.07, 6.45) is 2.42. The SMILES string of the molecule is CC1COCCN1c1nc(-c2ccc(Nc3nccc(OCc4ccccc4)n3)cc2)nc2c1CCN(C(=O)CI)C2. The van der Waals surface area contributed by atoms with Crippen molar-refractivity contribution in [3.63, 3.8) is 0 Å². The van der Waals surface area contributed by atoms with Gasteiger partial charge in [0.05, 0.1) is 35.9 Å². The van der Waals surface area contributed by atoms with Crippen molar-refractivity contribution in [2.45, 2.75) is 32.5 Å². The lowest BCUT2D eigenvalue weighted by atomic mass is 10.0. The van der Waals surface area contributed by atoms with Gasteiger partial charge in [-0.05, 0) is 43.2 Å². The zero-order valence-corrected chi connectivity index (χ0v) is 25.5. The van der Waals surface area contributed by atoms with Crippen molar-refractivity contribution in [1.82, 2.24) is 24.8 Å². The molecule has 1 fully saturated rings. The number of rotatable bonds is 8. The molecule has 2 aliphatic heterocycles. The highest BCUT2D eigenvalue weighted by molar-refractivity contribution is 14.1. The van der Waals surface area contributed by atoms with Gasteiger partial charge in [-0.3, -0.25) is 4.79 Å². The van der Waals surface area contributed by atoms with Crippen molar-refractivity contribution in [1.29, 1.82) is 0 Å². The van der Waals surface area contributed by atoms with Gasteiger partial charge in [-0.2, -0.15) is 4.98 Å². The molecule has 0 bridgehead atoms. The van der Waals surface area contributed by atoms with Gasteiger partial charge in [0, 0.05) is 42.2 Å². The van der Waals surface area contributed by atoms with Crippen LogP contribution in [0.3, 0.4) is 0 Å². The summed E-state index contributed by atoms with van der Waals surface area (Å²) < 4.78 is 12.0. The second-order valence-corrected chi connectivity index (χ2v) is 11.1. The number of amides is 1. The number of hydrogen-bond acceptors (Lipinski definition) is 9. The van der Waals surface area contributed by atoms with E-state index in [4.69, 9.17) is 19.4 Å². The van der Waals surface area contributed by atoms with Gasteiger partial charge in [-0.15, -0.1) is 0 Å². The normalized spacial score (nSPS) is 16.6. The van der Waals surface area contributed by atoms with Crippen molar-refractivity contribution < 1.29 is 14.3 Å². The summed E-state index contributed by atoms with van der Waals surface area (Å²) in [5.74, 6) is 2.67. The van der Waals surface area contributed by atoms with Gasteiger partial charge in [-0.1, -0.05) is 52.9 Å². The molecular formula is C31H32IN7O3. The lowest BCUT2D eigenvalue weighted by Crippen LogP contribution is -2.46. The number of alkyl halides is 1. The van der Waals surface area contributed by atoms with E-state index in [1.807, 2.05) is 59.5 Å². The second-order valence-electron chi connectivity index (χ2n) is 10.3. The van der Waals surface area contributed by atoms with Crippen molar-refractivity contribution in [2.75, 3.05) is 40.9 Å². The molecule has 2 aliphatic rings. The zero-order chi connectivity index (χ0) is 28.9. The van der Waals surface area contributed by atoms with Crippen LogP contribution in [0.25, 0.3) is 11.4 Å². The maximum Gasteiger partial charge on any atom is 0.232 e. The summed E-state index contributed by atoms with van der Waals surface area (Å²) >= 11 is 2.13. The van der Waals surface area contributed by atoms with Crippen LogP contribution in [0.15, 0.2) is 66.9 Å². The van der Waals surface area contributed by atoms with Gasteiger partial charge in [0.25, 0.3) is 0 Å². The Bertz CT molecular complexity index is 1540. The molecule has 6 rings (SSSR count). The quantitative estimate of drug-likeness (QED) is 0.208. The zero-order valence-electron chi connectivity index (χ0n) is 23.4. The molecule has 1 atom stereocenters. The molecule has 0 saturated carbocycles. The van der Waals surface area contributed by atoms with Gasteiger partial charge in [0.2, 0.25) is 17.7 Å². The number of carbonyl (C=O) groups excluding carboxylic acids is 1. The fourth-order valence-electron chi connectivity index (χ4n) is 5.16. The molecule has 0 radical (unpaired) electrons. The molecule has 11 heteroatoms. The molecule has 216 valence electrons. The summed E-state index contributed by atoms with van der Waals surface area (Å²) in [5.41, 5.74) is 4.85. The van der Waals surface area contributed by atoms with Crippen LogP contribution < -0.4 is 15.0 Å². The van der Waals surface area contributed by atoms with Crippen LogP contribution in [0, 0.1) is 0 Å². The summed E-state index contributed by atoms with van der Waals surface area (Å²) in [6.45, 7) is 5.88. The van der Waals surface area contributed by atoms with Crippen molar-refractivity contribution in [2.24, 2.45) is 0 Å². The Morgan fingerprint density at radius 3 is 2.69 bits per heavy atom. The minimum absolute atomic E-state index is 0.134. The molecule has 1 unspecified atom stereocenters. The fraction of sp³-hybridized carbons (Fsp3) is 0.323. The third-order valence-corrected chi connectivity index (χ3v) is 8.06. The lowest BCUT2D eigenvalue weighted by Gasteiger charge is -2.37. The Balaban J connectivity index is 1.22. The Labute approximate surface area is 258 Å². The molecule has 2 aromatic heterocycles. The van der Waals surface area contributed by atoms with Gasteiger partial charge in [0.1, 0.15) is 12.4 Å². The van der Waals surface area contributed by atoms with Gasteiger partial charge >= 0.3 is 0 Å². The first-order chi connectivity index (χ1) is 20.6. The molecule has 4 aromatic rings. The van der Waals surface area contributed by atoms with Crippen LogP contribution in [0.4, 0.5) is 17.5 Å². The number of morpholine rings is 1. The highest BCUT2D eigenvalue weighted by Crippen LogP contribution is 2.32. The number of carbonyl (C=O) groups is 1. The molecule has 1 amide bonds. The van der Waals surface area contributed by atoms with Crippen LogP contribution in [-0.4, -0.2) is 67.5 Å². The average Bonchev–Trinajstić information content (AvgIpc) is 3.04. The molecule has 1 saturated heterocycles. The van der Waals surface area contributed by atoms with E-state index in [-0.39, 0.29) is 11.9 Å². The van der Waals surface area contributed by atoms with Crippen molar-refractivity contribution >= 4 is 46.0 Å². The minimum atomic E-state index is 0.134. The van der Waals surface area contributed by atoms with Crippen LogP contribution in [0.1, 0.15) is 23.7 Å². The van der Waals surface area contributed by atoms with E-state index >= 15 is 0 Å². The molecule has 2 aromatic carbocycles. The van der Waals surface area contributed by atoms with Crippen LogP contribution in [0.5, 0.6) is 5.88 Å². The smallest absolute Gasteiger partial charge is 0.232 e. The van der Waals surface area contributed by atoms with E-state index in [1.54, 1.807) is 12.3 Å². The van der Waals surface area contributed by atoms with Crippen LogP contribution in [-0.2, 0) is 29.1 Å². The Morgan fingerprint density at radius 1 is 1.07 bits per heavy atom. The first kappa shape index (κ1) is 28.3. The number of hydrogen-bond donors (Lipinski definition) is 1. The Morgan fingerprint density at radius 2 is 1.90 bits per heavy atom. The minimum Gasteiger partial charge on any atom is -0.473 e. The van der Waals surface area contributed by atoms with Gasteiger partial charge in [-0.25, -0.2) is 15.0 Å². The topological polar surface area (TPSA) is 106 Å². The van der Waals surface area contributed by atoms with E-state index in [0.29, 0.717) is 55.0 Å². The molecular weight excluding hydrogens is 645 g/mol. The third kappa shape index (κ3) is 6.46. The fourth-order valence-corrected chi connectivity index (χ4v) is 5.64. The number of nitrogens with one attached hydrogen (secondary N) is 1. The number of ether oxygens (including phenoxy) is 2. The first-order valence-corrected chi connectivity index (χ1v) is 15.5. The molecule has 0 spiro atoms.